The molecule has 5 heterocycles. The number of imidazole rings is 1. The van der Waals surface area contributed by atoms with Gasteiger partial charge in [0.1, 0.15) is 13.2 Å². The van der Waals surface area contributed by atoms with Crippen LogP contribution in [0.2, 0.25) is 0 Å². The molecule has 3 unspecified atom stereocenters. The van der Waals surface area contributed by atoms with Gasteiger partial charge in [0, 0.05) is 70.0 Å². The minimum absolute atomic E-state index is 0.0218. The third kappa shape index (κ3) is 9.60. The van der Waals surface area contributed by atoms with Crippen LogP contribution in [0.4, 0.5) is 33.2 Å². The van der Waals surface area contributed by atoms with Crippen molar-refractivity contribution in [1.29, 1.82) is 0 Å². The summed E-state index contributed by atoms with van der Waals surface area (Å²) in [6.07, 6.45) is 2.07. The molecular weight excluding hydrogens is 763 g/mol. The quantitative estimate of drug-likeness (QED) is 0.193. The number of benzene rings is 1. The summed E-state index contributed by atoms with van der Waals surface area (Å²) in [5, 5.41) is 7.37. The summed E-state index contributed by atoms with van der Waals surface area (Å²) in [7, 11) is 5.04. The monoisotopic (exact) mass is 811 g/mol. The fraction of sp³-hybridized carbons (Fsp3) is 0.500. The van der Waals surface area contributed by atoms with E-state index in [0.717, 1.165) is 25.1 Å². The number of likely N-dealkylation sites (tertiary alicyclic amines) is 2. The highest BCUT2D eigenvalue weighted by Gasteiger charge is 2.38. The van der Waals surface area contributed by atoms with E-state index in [2.05, 4.69) is 20.6 Å². The van der Waals surface area contributed by atoms with Crippen LogP contribution in [0.15, 0.2) is 48.9 Å². The maximum absolute atomic E-state index is 13.6. The highest BCUT2D eigenvalue weighted by molar-refractivity contribution is 5.95. The molecule has 0 bridgehead atoms. The Hall–Kier alpha value is -5.92. The molecule has 6 rings (SSSR count). The normalized spacial score (nSPS) is 18.4. The van der Waals surface area contributed by atoms with E-state index in [1.807, 2.05) is 28.6 Å². The topological polar surface area (TPSA) is 179 Å². The predicted molar refractivity (Wildman–Crippen MR) is 206 cm³/mol. The van der Waals surface area contributed by atoms with Crippen LogP contribution in [-0.2, 0) is 20.9 Å². The number of rotatable bonds is 12. The van der Waals surface area contributed by atoms with Gasteiger partial charge in [0.15, 0.2) is 11.3 Å². The zero-order chi connectivity index (χ0) is 41.7. The molecule has 3 aromatic heterocycles. The number of aromatic nitrogens is 4. The highest BCUT2D eigenvalue weighted by atomic mass is 19.4. The number of likely N-dealkylation sites (N-methyl/N-ethyl adjacent to an activating group) is 3. The zero-order valence-corrected chi connectivity index (χ0v) is 32.8. The Kier molecular flexibility index (Phi) is 12.7. The van der Waals surface area contributed by atoms with Gasteiger partial charge in [-0.05, 0) is 56.1 Å². The van der Waals surface area contributed by atoms with Crippen LogP contribution in [0.1, 0.15) is 43.4 Å². The van der Waals surface area contributed by atoms with Gasteiger partial charge in [-0.1, -0.05) is 25.5 Å². The lowest BCUT2D eigenvalue weighted by molar-refractivity contribution is -0.127. The summed E-state index contributed by atoms with van der Waals surface area (Å²) in [5.74, 6) is -0.778. The van der Waals surface area contributed by atoms with E-state index in [0.29, 0.717) is 34.5 Å². The molecule has 2 fully saturated rings. The lowest BCUT2D eigenvalue weighted by Crippen LogP contribution is -2.44. The summed E-state index contributed by atoms with van der Waals surface area (Å²) in [4.78, 5) is 78.8. The number of hydrogen-bond acceptors (Lipinski definition) is 9. The van der Waals surface area contributed by atoms with Gasteiger partial charge in [-0.3, -0.25) is 23.5 Å². The van der Waals surface area contributed by atoms with E-state index >= 15 is 0 Å². The Morgan fingerprint density at radius 3 is 2.40 bits per heavy atom. The van der Waals surface area contributed by atoms with Crippen molar-refractivity contribution >= 4 is 52.5 Å². The average Bonchev–Trinajstić information content (AvgIpc) is 4.02. The molecule has 1 aromatic carbocycles. The maximum Gasteiger partial charge on any atom is 0.409 e. The molecule has 4 aromatic rings. The molecule has 0 spiro atoms. The van der Waals surface area contributed by atoms with Crippen LogP contribution in [0.3, 0.4) is 0 Å². The fourth-order valence-corrected chi connectivity index (χ4v) is 7.40. The molecule has 2 aliphatic heterocycles. The largest absolute Gasteiger partial charge is 0.445 e. The van der Waals surface area contributed by atoms with Crippen LogP contribution in [0.5, 0.6) is 0 Å². The number of nitrogens with one attached hydrogen (secondary N) is 3. The van der Waals surface area contributed by atoms with Crippen molar-refractivity contribution in [2.45, 2.75) is 50.9 Å². The number of nitrogens with zero attached hydrogens (tertiary/aromatic N) is 8. The second kappa shape index (κ2) is 17.7. The zero-order valence-electron chi connectivity index (χ0n) is 32.8. The number of alkyl halides is 3. The molecular formula is C38H48F3N11O6. The van der Waals surface area contributed by atoms with Crippen LogP contribution < -0.4 is 16.0 Å². The van der Waals surface area contributed by atoms with Crippen LogP contribution in [0, 0.1) is 5.92 Å². The van der Waals surface area contributed by atoms with Crippen LogP contribution >= 0.6 is 0 Å². The van der Waals surface area contributed by atoms with Crippen molar-refractivity contribution in [3.8, 4) is 0 Å². The molecule has 20 heteroatoms. The van der Waals surface area contributed by atoms with Gasteiger partial charge in [0.25, 0.3) is 0 Å². The molecule has 6 amide bonds. The number of ether oxygens (including phenoxy) is 1. The van der Waals surface area contributed by atoms with Gasteiger partial charge in [0.2, 0.25) is 11.8 Å². The van der Waals surface area contributed by atoms with Crippen molar-refractivity contribution in [3.05, 3.63) is 60.2 Å². The van der Waals surface area contributed by atoms with Crippen molar-refractivity contribution in [2.24, 2.45) is 5.92 Å². The number of anilines is 1. The second-order valence-electron chi connectivity index (χ2n) is 14.8. The summed E-state index contributed by atoms with van der Waals surface area (Å²) < 4.78 is 46.9. The highest BCUT2D eigenvalue weighted by Crippen LogP contribution is 2.36. The number of carbonyl (C=O) groups excluding carboxylic acids is 5. The Bertz CT molecular complexity index is 2140. The minimum atomic E-state index is -4.52. The molecule has 58 heavy (non-hydrogen) atoms. The van der Waals surface area contributed by atoms with Crippen molar-refractivity contribution in [3.63, 3.8) is 0 Å². The summed E-state index contributed by atoms with van der Waals surface area (Å²) in [6.45, 7) is 2.05. The van der Waals surface area contributed by atoms with Gasteiger partial charge in [-0.2, -0.15) is 13.2 Å². The Morgan fingerprint density at radius 2 is 1.71 bits per heavy atom. The number of hydrogen-bond donors (Lipinski definition) is 3. The van der Waals surface area contributed by atoms with E-state index in [-0.39, 0.29) is 69.0 Å². The van der Waals surface area contributed by atoms with Gasteiger partial charge in [0.05, 0.1) is 24.3 Å². The van der Waals surface area contributed by atoms with Crippen LogP contribution in [-0.4, -0.2) is 148 Å². The van der Waals surface area contributed by atoms with E-state index in [1.165, 1.54) is 25.5 Å². The van der Waals surface area contributed by atoms with Crippen molar-refractivity contribution < 1.29 is 41.9 Å². The number of halogens is 3. The maximum atomic E-state index is 13.6. The first-order chi connectivity index (χ1) is 27.6. The fourth-order valence-electron chi connectivity index (χ4n) is 7.40. The summed E-state index contributed by atoms with van der Waals surface area (Å²) >= 11 is 0. The first-order valence-corrected chi connectivity index (χ1v) is 19.1. The standard InChI is InChI=1S/C38H48F3N11O6/c1-5-25-20-50(35(55)45-23-38(39,40)41)21-27(25)30-17-42-31-18-43-33-28(52(30)31)12-14-51(33)36(56)48(3)15-16-49(4)37(57)58-22-24-8-10-26(11-9-24)46-32(53)19-44-34(54)29-7-6-13-47(29)2/h8-12,14,17-18,25,27,29H,5-7,13,15-16,19-23H2,1-4H3,(H,44,54)(H,45,55)(H,46,53). The number of urea groups is 1. The van der Waals surface area contributed by atoms with E-state index in [9.17, 15) is 37.1 Å². The van der Waals surface area contributed by atoms with Crippen molar-refractivity contribution in [2.75, 3.05) is 72.3 Å². The first-order valence-electron chi connectivity index (χ1n) is 19.1. The summed E-state index contributed by atoms with van der Waals surface area (Å²) in [6, 6.07) is 7.10. The van der Waals surface area contributed by atoms with Crippen molar-refractivity contribution in [1.82, 2.24) is 49.2 Å². The van der Waals surface area contributed by atoms with Gasteiger partial charge in [-0.25, -0.2) is 24.4 Å². The third-order valence-electron chi connectivity index (χ3n) is 10.7. The molecule has 3 N–H and O–H groups in total. The smallest absolute Gasteiger partial charge is 0.409 e. The molecule has 312 valence electrons. The van der Waals surface area contributed by atoms with Crippen LogP contribution in [0.25, 0.3) is 16.8 Å². The lowest BCUT2D eigenvalue weighted by atomic mass is 9.91. The Labute approximate surface area is 332 Å². The molecule has 0 aliphatic carbocycles. The Balaban J connectivity index is 0.994. The molecule has 0 radical (unpaired) electrons. The molecule has 3 atom stereocenters. The van der Waals surface area contributed by atoms with Gasteiger partial charge >= 0.3 is 24.3 Å². The average molecular weight is 812 g/mol. The van der Waals surface area contributed by atoms with Gasteiger partial charge in [-0.15, -0.1) is 0 Å². The van der Waals surface area contributed by atoms with E-state index in [4.69, 9.17) is 4.74 Å². The molecule has 2 aliphatic rings. The van der Waals surface area contributed by atoms with E-state index < -0.39 is 30.9 Å². The lowest BCUT2D eigenvalue weighted by Gasteiger charge is -2.22. The summed E-state index contributed by atoms with van der Waals surface area (Å²) in [5.41, 5.74) is 3.43. The number of fused-ring (bicyclic) bond motifs is 3. The Morgan fingerprint density at radius 1 is 0.966 bits per heavy atom. The van der Waals surface area contributed by atoms with E-state index in [1.54, 1.807) is 56.8 Å². The predicted octanol–water partition coefficient (Wildman–Crippen LogP) is 3.70. The third-order valence-corrected chi connectivity index (χ3v) is 10.7. The molecule has 17 nitrogen and oxygen atoms in total. The molecule has 0 saturated carbocycles. The second-order valence-corrected chi connectivity index (χ2v) is 14.8. The number of amides is 6. The van der Waals surface area contributed by atoms with Gasteiger partial charge < -0.3 is 35.4 Å². The first kappa shape index (κ1) is 41.7. The minimum Gasteiger partial charge on any atom is -0.445 e. The molecule has 2 saturated heterocycles. The number of carbonyl (C=O) groups is 5. The SMILES string of the molecule is CCC1CN(C(=O)NCC(F)(F)F)CC1c1cnc2cnc3c(ccn3C(=O)N(C)CCN(C)C(=O)OCc3ccc(NC(=O)CNC(=O)C4CCCN4C)cc3)n12.